The highest BCUT2D eigenvalue weighted by molar-refractivity contribution is 6.02. The first-order valence-electron chi connectivity index (χ1n) is 10.3. The summed E-state index contributed by atoms with van der Waals surface area (Å²) in [5, 5.41) is 2.52. The second-order valence-electron chi connectivity index (χ2n) is 7.76. The number of nitrogens with zero attached hydrogens (tertiary/aromatic N) is 3. The number of carbonyl (C=O) groups is 1. The van der Waals surface area contributed by atoms with E-state index in [2.05, 4.69) is 25.0 Å². The number of nitrogens with one attached hydrogen (secondary N) is 1. The number of ether oxygens (including phenoxy) is 3. The van der Waals surface area contributed by atoms with Gasteiger partial charge in [-0.25, -0.2) is 32.5 Å². The second-order valence-corrected chi connectivity index (χ2v) is 7.76. The summed E-state index contributed by atoms with van der Waals surface area (Å²) in [6.45, 7) is -3.13. The first-order chi connectivity index (χ1) is 16.4. The van der Waals surface area contributed by atoms with Crippen LogP contribution in [-0.2, 0) is 15.0 Å². The molecule has 182 valence electrons. The minimum atomic E-state index is -1.80. The highest BCUT2D eigenvalue weighted by atomic mass is 19.1. The molecule has 0 saturated carbocycles. The van der Waals surface area contributed by atoms with Crippen LogP contribution in [0.2, 0.25) is 0 Å². The van der Waals surface area contributed by atoms with E-state index in [4.69, 9.17) is 15.2 Å². The molecule has 0 aliphatic carbocycles. The van der Waals surface area contributed by atoms with Crippen LogP contribution in [0.3, 0.4) is 0 Å². The number of anilines is 1. The average Bonchev–Trinajstić information content (AvgIpc) is 2.84. The third-order valence-corrected chi connectivity index (χ3v) is 5.78. The number of aromatic nitrogens is 2. The van der Waals surface area contributed by atoms with Gasteiger partial charge in [-0.2, -0.15) is 0 Å². The number of nitrogens with two attached hydrogens (primary N) is 1. The molecule has 9 nitrogen and oxygen atoms in total. The molecule has 0 unspecified atom stereocenters. The number of alkyl halides is 3. The molecule has 2 aliphatic rings. The van der Waals surface area contributed by atoms with Crippen LogP contribution in [0.5, 0.6) is 5.88 Å². The van der Waals surface area contributed by atoms with Crippen LogP contribution in [0.25, 0.3) is 0 Å². The van der Waals surface area contributed by atoms with Crippen molar-refractivity contribution in [1.82, 2.24) is 9.97 Å². The van der Waals surface area contributed by atoms with Crippen LogP contribution in [0, 0.1) is 11.7 Å². The standard InChI is InChI=1S/C21H21F4N5O4/c22-5-12-4-17-14(8-32-12)21(9-23,30-20(26)34-17)13-3-11(1-2-15(13)25)29-19(31)16-6-28-18(7-27-16)33-10-24/h1-3,6-7,12,14,17H,4-5,8-10H2,(H2,26,30)(H,29,31)/t12-,14-,17+,21+/m0/s1. The van der Waals surface area contributed by atoms with E-state index in [1.165, 1.54) is 12.1 Å². The fourth-order valence-corrected chi connectivity index (χ4v) is 4.14. The Morgan fingerprint density at radius 2 is 2.09 bits per heavy atom. The molecule has 0 radical (unpaired) electrons. The fourth-order valence-electron chi connectivity index (χ4n) is 4.14. The third-order valence-electron chi connectivity index (χ3n) is 5.78. The Balaban J connectivity index is 1.63. The molecule has 1 amide bonds. The molecule has 0 bridgehead atoms. The van der Waals surface area contributed by atoms with Gasteiger partial charge < -0.3 is 25.3 Å². The van der Waals surface area contributed by atoms with Crippen molar-refractivity contribution in [3.63, 3.8) is 0 Å². The summed E-state index contributed by atoms with van der Waals surface area (Å²) < 4.78 is 70.4. The van der Waals surface area contributed by atoms with Crippen LogP contribution in [0.4, 0.5) is 23.2 Å². The van der Waals surface area contributed by atoms with Gasteiger partial charge in [0.15, 0.2) is 0 Å². The Hall–Kier alpha value is -3.48. The lowest BCUT2D eigenvalue weighted by atomic mass is 9.73. The van der Waals surface area contributed by atoms with Gasteiger partial charge >= 0.3 is 0 Å². The van der Waals surface area contributed by atoms with Crippen molar-refractivity contribution in [3.05, 3.63) is 47.7 Å². The van der Waals surface area contributed by atoms with Gasteiger partial charge in [0.05, 0.1) is 31.0 Å². The summed E-state index contributed by atoms with van der Waals surface area (Å²) in [6, 6.07) is 3.22. The third kappa shape index (κ3) is 4.47. The normalized spacial score (nSPS) is 26.1. The summed E-state index contributed by atoms with van der Waals surface area (Å²) in [5.41, 5.74) is 3.81. The predicted molar refractivity (Wildman–Crippen MR) is 111 cm³/mol. The zero-order valence-electron chi connectivity index (χ0n) is 17.7. The summed E-state index contributed by atoms with van der Waals surface area (Å²) in [5.74, 6) is -2.39. The van der Waals surface area contributed by atoms with E-state index in [0.717, 1.165) is 18.5 Å². The van der Waals surface area contributed by atoms with Crippen molar-refractivity contribution in [2.45, 2.75) is 24.2 Å². The fraction of sp³-hybridized carbons (Fsp3) is 0.429. The van der Waals surface area contributed by atoms with Crippen molar-refractivity contribution in [2.24, 2.45) is 16.6 Å². The first-order valence-corrected chi connectivity index (χ1v) is 10.3. The molecule has 0 spiro atoms. The lowest BCUT2D eigenvalue weighted by molar-refractivity contribution is -0.119. The van der Waals surface area contributed by atoms with Crippen molar-refractivity contribution in [3.8, 4) is 5.88 Å². The maximum absolute atomic E-state index is 15.0. The molecule has 3 heterocycles. The number of amides is 1. The summed E-state index contributed by atoms with van der Waals surface area (Å²) >= 11 is 0. The molecular formula is C21H21F4N5O4. The second kappa shape index (κ2) is 9.79. The van der Waals surface area contributed by atoms with E-state index < -0.39 is 55.6 Å². The Bertz CT molecular complexity index is 1070. The highest BCUT2D eigenvalue weighted by Crippen LogP contribution is 2.45. The van der Waals surface area contributed by atoms with Gasteiger partial charge in [-0.05, 0) is 18.2 Å². The topological polar surface area (TPSA) is 121 Å². The molecule has 13 heteroatoms. The van der Waals surface area contributed by atoms with Gasteiger partial charge in [0, 0.05) is 17.7 Å². The summed E-state index contributed by atoms with van der Waals surface area (Å²) in [4.78, 5) is 24.2. The van der Waals surface area contributed by atoms with Crippen molar-refractivity contribution < 1.29 is 36.6 Å². The zero-order chi connectivity index (χ0) is 24.3. The minimum absolute atomic E-state index is 0.0952. The number of hydrogen-bond acceptors (Lipinski definition) is 8. The largest absolute Gasteiger partial charge is 0.462 e. The summed E-state index contributed by atoms with van der Waals surface area (Å²) in [6.07, 6.45) is 0.750. The zero-order valence-corrected chi connectivity index (χ0v) is 17.7. The highest BCUT2D eigenvalue weighted by Gasteiger charge is 2.53. The average molecular weight is 483 g/mol. The molecule has 1 saturated heterocycles. The van der Waals surface area contributed by atoms with Crippen LogP contribution >= 0.6 is 0 Å². The molecule has 3 N–H and O–H groups in total. The molecule has 1 aromatic heterocycles. The number of rotatable bonds is 7. The van der Waals surface area contributed by atoms with Crippen LogP contribution in [0.15, 0.2) is 35.6 Å². The molecule has 2 aliphatic heterocycles. The number of hydrogen-bond donors (Lipinski definition) is 2. The van der Waals surface area contributed by atoms with Gasteiger partial charge in [-0.3, -0.25) is 4.79 Å². The summed E-state index contributed by atoms with van der Waals surface area (Å²) in [7, 11) is 0. The molecule has 1 aromatic carbocycles. The Labute approximate surface area is 191 Å². The monoisotopic (exact) mass is 483 g/mol. The lowest BCUT2D eigenvalue weighted by Crippen LogP contribution is -2.56. The van der Waals surface area contributed by atoms with E-state index in [0.29, 0.717) is 0 Å². The first kappa shape index (κ1) is 23.7. The van der Waals surface area contributed by atoms with Crippen LogP contribution < -0.4 is 15.8 Å². The molecule has 4 rings (SSSR count). The Morgan fingerprint density at radius 3 is 2.76 bits per heavy atom. The smallest absolute Gasteiger partial charge is 0.283 e. The number of benzene rings is 1. The van der Waals surface area contributed by atoms with Gasteiger partial charge in [0.25, 0.3) is 11.9 Å². The molecule has 4 atom stereocenters. The van der Waals surface area contributed by atoms with Crippen LogP contribution in [-0.4, -0.2) is 60.9 Å². The van der Waals surface area contributed by atoms with E-state index in [1.54, 1.807) is 0 Å². The van der Waals surface area contributed by atoms with Gasteiger partial charge in [-0.15, -0.1) is 0 Å². The maximum atomic E-state index is 15.0. The number of carbonyl (C=O) groups excluding carboxylic acids is 1. The van der Waals surface area contributed by atoms with Crippen molar-refractivity contribution in [2.75, 3.05) is 32.1 Å². The quantitative estimate of drug-likeness (QED) is 0.581. The van der Waals surface area contributed by atoms with Gasteiger partial charge in [0.1, 0.15) is 36.5 Å². The van der Waals surface area contributed by atoms with E-state index >= 15 is 0 Å². The van der Waals surface area contributed by atoms with E-state index in [9.17, 15) is 22.4 Å². The Kier molecular flexibility index (Phi) is 6.82. The van der Waals surface area contributed by atoms with Crippen molar-refractivity contribution in [1.29, 1.82) is 0 Å². The molecular weight excluding hydrogens is 462 g/mol. The SMILES string of the molecule is NC1=N[C@](CF)(c2cc(NC(=O)c3cnc(OCF)cn3)ccc2F)[C@H]2CO[C@H](CF)C[C@H]2O1. The molecule has 2 aromatic rings. The maximum Gasteiger partial charge on any atom is 0.283 e. The van der Waals surface area contributed by atoms with Gasteiger partial charge in [-0.1, -0.05) is 0 Å². The minimum Gasteiger partial charge on any atom is -0.462 e. The molecule has 34 heavy (non-hydrogen) atoms. The Morgan fingerprint density at radius 1 is 1.26 bits per heavy atom. The number of fused-ring (bicyclic) bond motifs is 1. The molecule has 1 fully saturated rings. The van der Waals surface area contributed by atoms with E-state index in [-0.39, 0.29) is 41.9 Å². The van der Waals surface area contributed by atoms with Gasteiger partial charge in [0.2, 0.25) is 12.7 Å². The lowest BCUT2D eigenvalue weighted by Gasteiger charge is -2.46. The van der Waals surface area contributed by atoms with Crippen molar-refractivity contribution >= 4 is 17.6 Å². The number of halogens is 4. The van der Waals surface area contributed by atoms with E-state index in [1.807, 2.05) is 0 Å². The number of amidine groups is 1. The number of aliphatic imine (C=N–C) groups is 1. The predicted octanol–water partition coefficient (Wildman–Crippen LogP) is 2.43. The van der Waals surface area contributed by atoms with Crippen LogP contribution in [0.1, 0.15) is 22.5 Å².